The van der Waals surface area contributed by atoms with E-state index in [1.54, 1.807) is 36.4 Å². The summed E-state index contributed by atoms with van der Waals surface area (Å²) in [6.07, 6.45) is 4.71. The van der Waals surface area contributed by atoms with Crippen LogP contribution in [0.25, 0.3) is 0 Å². The Balaban J connectivity index is 1.18. The number of para-hydroxylation sites is 1. The summed E-state index contributed by atoms with van der Waals surface area (Å²) in [5, 5.41) is 0. The average molecular weight is 589 g/mol. The summed E-state index contributed by atoms with van der Waals surface area (Å²) < 4.78 is 44.4. The Kier molecular flexibility index (Phi) is 8.99. The number of nitrogens with two attached hydrogens (primary N) is 1. The molecule has 9 nitrogen and oxygen atoms in total. The monoisotopic (exact) mass is 588 g/mol. The molecule has 0 amide bonds. The van der Waals surface area contributed by atoms with E-state index in [1.165, 1.54) is 12.1 Å². The summed E-state index contributed by atoms with van der Waals surface area (Å²) in [4.78, 5) is 13.5. The fraction of sp³-hybridized carbons (Fsp3) is 0.226. The van der Waals surface area contributed by atoms with Crippen LogP contribution in [0.3, 0.4) is 0 Å². The second kappa shape index (κ2) is 13.0. The van der Waals surface area contributed by atoms with Gasteiger partial charge in [-0.15, -0.1) is 0 Å². The van der Waals surface area contributed by atoms with Gasteiger partial charge in [0.25, 0.3) is 0 Å². The Bertz CT molecular complexity index is 1590. The highest BCUT2D eigenvalue weighted by Crippen LogP contribution is 2.26. The molecule has 2 heterocycles. The van der Waals surface area contributed by atoms with Crippen LogP contribution in [0.5, 0.6) is 11.6 Å². The number of hydrogen-bond donors (Lipinski definition) is 2. The molecule has 218 valence electrons. The van der Waals surface area contributed by atoms with Crippen LogP contribution in [0.2, 0.25) is 0 Å². The summed E-state index contributed by atoms with van der Waals surface area (Å²) >= 11 is 0. The summed E-state index contributed by atoms with van der Waals surface area (Å²) in [7, 11) is -3.33. The normalized spacial score (nSPS) is 14.9. The number of likely N-dealkylation sites (tertiary alicyclic amines) is 1. The van der Waals surface area contributed by atoms with E-state index in [2.05, 4.69) is 24.5 Å². The van der Waals surface area contributed by atoms with Crippen molar-refractivity contribution < 1.29 is 17.5 Å². The van der Waals surface area contributed by atoms with Crippen molar-refractivity contribution in [2.75, 3.05) is 29.0 Å². The predicted molar refractivity (Wildman–Crippen MR) is 164 cm³/mol. The van der Waals surface area contributed by atoms with E-state index in [0.29, 0.717) is 29.0 Å². The zero-order valence-corrected chi connectivity index (χ0v) is 24.0. The topological polar surface area (TPSA) is 113 Å². The number of halogens is 1. The summed E-state index contributed by atoms with van der Waals surface area (Å²) in [5.41, 5.74) is 9.65. The number of ether oxygens (including phenoxy) is 1. The van der Waals surface area contributed by atoms with E-state index in [-0.39, 0.29) is 11.9 Å². The molecule has 1 saturated heterocycles. The minimum atomic E-state index is -3.33. The summed E-state index contributed by atoms with van der Waals surface area (Å²) in [6.45, 7) is 2.52. The molecule has 5 rings (SSSR count). The maximum Gasteiger partial charge on any atom is 0.229 e. The largest absolute Gasteiger partial charge is 0.439 e. The van der Waals surface area contributed by atoms with Gasteiger partial charge in [0.15, 0.2) is 0 Å². The Morgan fingerprint density at radius 3 is 2.33 bits per heavy atom. The molecule has 0 bridgehead atoms. The van der Waals surface area contributed by atoms with Crippen molar-refractivity contribution in [1.29, 1.82) is 0 Å². The Hall–Kier alpha value is -4.48. The number of hydrogen-bond acceptors (Lipinski definition) is 6. The fourth-order valence-corrected chi connectivity index (χ4v) is 5.47. The van der Waals surface area contributed by atoms with Crippen LogP contribution in [0, 0.1) is 5.82 Å². The minimum absolute atomic E-state index is 0.167. The van der Waals surface area contributed by atoms with Crippen LogP contribution in [0.4, 0.5) is 21.5 Å². The molecule has 1 aliphatic heterocycles. The Morgan fingerprint density at radius 2 is 1.71 bits per heavy atom. The quantitative estimate of drug-likeness (QED) is 0.196. The molecule has 0 radical (unpaired) electrons. The van der Waals surface area contributed by atoms with Crippen LogP contribution >= 0.6 is 0 Å². The van der Waals surface area contributed by atoms with Gasteiger partial charge in [0.1, 0.15) is 11.6 Å². The van der Waals surface area contributed by atoms with E-state index < -0.39 is 10.0 Å². The lowest BCUT2D eigenvalue weighted by Gasteiger charge is -2.39. The SMILES string of the molecule is CS(=O)(=O)Nc1ccc(Oc2ccc(CN3CCC(N(C(N)=Nc4ccc(F)cc4)c4ccccc4)CC3)cn2)cc1. The van der Waals surface area contributed by atoms with Crippen molar-refractivity contribution >= 4 is 33.0 Å². The second-order valence-corrected chi connectivity index (χ2v) is 11.9. The third-order valence-corrected chi connectivity index (χ3v) is 7.46. The van der Waals surface area contributed by atoms with E-state index in [4.69, 9.17) is 10.5 Å². The van der Waals surface area contributed by atoms with E-state index >= 15 is 0 Å². The van der Waals surface area contributed by atoms with Crippen LogP contribution in [0.1, 0.15) is 18.4 Å². The average Bonchev–Trinajstić information content (AvgIpc) is 2.97. The number of anilines is 2. The van der Waals surface area contributed by atoms with Gasteiger partial charge in [-0.25, -0.2) is 22.8 Å². The number of rotatable bonds is 9. The maximum atomic E-state index is 13.4. The highest BCUT2D eigenvalue weighted by Gasteiger charge is 2.27. The number of aromatic nitrogens is 1. The van der Waals surface area contributed by atoms with Crippen molar-refractivity contribution in [3.8, 4) is 11.6 Å². The van der Waals surface area contributed by atoms with Gasteiger partial charge in [-0.2, -0.15) is 0 Å². The van der Waals surface area contributed by atoms with Crippen LogP contribution in [-0.4, -0.2) is 49.6 Å². The molecule has 3 aromatic carbocycles. The van der Waals surface area contributed by atoms with Crippen LogP contribution in [-0.2, 0) is 16.6 Å². The van der Waals surface area contributed by atoms with Crippen molar-refractivity contribution in [2.24, 2.45) is 10.7 Å². The summed E-state index contributed by atoms with van der Waals surface area (Å²) in [5.74, 6) is 1.08. The number of sulfonamides is 1. The standard InChI is InChI=1S/C31H33FN6O3S/c1-42(39,40)36-26-12-14-29(15-13-26)41-30-16-7-23(21-34-30)22-37-19-17-28(18-20-37)38(27-5-3-2-4-6-27)31(33)35-25-10-8-24(32)9-11-25/h2-16,21,28,36H,17-20,22H2,1H3,(H2,33,35). The third-order valence-electron chi connectivity index (χ3n) is 6.86. The molecule has 4 aromatic rings. The lowest BCUT2D eigenvalue weighted by atomic mass is 10.0. The molecular formula is C31H33FN6O3S. The molecular weight excluding hydrogens is 555 g/mol. The molecule has 1 aliphatic rings. The molecule has 3 N–H and O–H groups in total. The number of guanidine groups is 1. The Labute approximate surface area is 245 Å². The zero-order valence-electron chi connectivity index (χ0n) is 23.2. The van der Waals surface area contributed by atoms with Gasteiger partial charge in [-0.05, 0) is 79.1 Å². The molecule has 1 fully saturated rings. The number of aliphatic imine (C=N–C) groups is 1. The predicted octanol–water partition coefficient (Wildman–Crippen LogP) is 5.50. The zero-order chi connectivity index (χ0) is 29.5. The Morgan fingerprint density at radius 1 is 1.02 bits per heavy atom. The van der Waals surface area contributed by atoms with Gasteiger partial charge in [-0.1, -0.05) is 24.3 Å². The second-order valence-electron chi connectivity index (χ2n) is 10.2. The molecule has 0 aliphatic carbocycles. The van der Waals surface area contributed by atoms with Crippen LogP contribution in [0.15, 0.2) is 102 Å². The minimum Gasteiger partial charge on any atom is -0.439 e. The first kappa shape index (κ1) is 29.0. The number of piperidine rings is 1. The number of nitrogens with one attached hydrogen (secondary N) is 1. The van der Waals surface area contributed by atoms with Crippen molar-refractivity contribution in [1.82, 2.24) is 9.88 Å². The van der Waals surface area contributed by atoms with Gasteiger partial charge in [0, 0.05) is 49.3 Å². The first-order valence-electron chi connectivity index (χ1n) is 13.6. The molecule has 0 atom stereocenters. The molecule has 0 unspecified atom stereocenters. The molecule has 0 saturated carbocycles. The smallest absolute Gasteiger partial charge is 0.229 e. The number of nitrogens with zero attached hydrogens (tertiary/aromatic N) is 4. The molecule has 0 spiro atoms. The van der Waals surface area contributed by atoms with Crippen molar-refractivity contribution in [3.63, 3.8) is 0 Å². The van der Waals surface area contributed by atoms with E-state index in [9.17, 15) is 12.8 Å². The van der Waals surface area contributed by atoms with Crippen LogP contribution < -0.4 is 20.1 Å². The molecule has 1 aromatic heterocycles. The lowest BCUT2D eigenvalue weighted by molar-refractivity contribution is 0.205. The maximum absolute atomic E-state index is 13.4. The van der Waals surface area contributed by atoms with Crippen molar-refractivity contribution in [2.45, 2.75) is 25.4 Å². The highest BCUT2D eigenvalue weighted by molar-refractivity contribution is 7.92. The van der Waals surface area contributed by atoms with Gasteiger partial charge in [0.2, 0.25) is 21.9 Å². The summed E-state index contributed by atoms with van der Waals surface area (Å²) in [6, 6.07) is 26.6. The van der Waals surface area contributed by atoms with E-state index in [0.717, 1.165) is 50.0 Å². The highest BCUT2D eigenvalue weighted by atomic mass is 32.2. The lowest BCUT2D eigenvalue weighted by Crippen LogP contribution is -2.50. The first-order chi connectivity index (χ1) is 20.2. The number of pyridine rings is 1. The van der Waals surface area contributed by atoms with Gasteiger partial charge < -0.3 is 15.4 Å². The first-order valence-corrected chi connectivity index (χ1v) is 15.5. The van der Waals surface area contributed by atoms with Crippen molar-refractivity contribution in [3.05, 3.63) is 109 Å². The fourth-order valence-electron chi connectivity index (χ4n) is 4.91. The third kappa shape index (κ3) is 8.05. The number of benzene rings is 3. The van der Waals surface area contributed by atoms with E-state index in [1.807, 2.05) is 48.7 Å². The molecule has 42 heavy (non-hydrogen) atoms. The van der Waals surface area contributed by atoms with Gasteiger partial charge in [-0.3, -0.25) is 9.62 Å². The van der Waals surface area contributed by atoms with Gasteiger partial charge in [0.05, 0.1) is 11.9 Å². The van der Waals surface area contributed by atoms with Gasteiger partial charge >= 0.3 is 0 Å². The molecule has 11 heteroatoms.